The average molecular weight is 345 g/mol. The van der Waals surface area contributed by atoms with Gasteiger partial charge in [-0.25, -0.2) is 0 Å². The minimum absolute atomic E-state index is 0.0213. The van der Waals surface area contributed by atoms with Gasteiger partial charge in [0.25, 0.3) is 5.91 Å². The van der Waals surface area contributed by atoms with E-state index in [1.54, 1.807) is 6.07 Å². The fraction of sp³-hybridized carbons (Fsp3) is 0.143. The van der Waals surface area contributed by atoms with Crippen LogP contribution in [0, 0.1) is 11.3 Å². The normalized spacial score (nSPS) is 11.2. The number of amides is 1. The van der Waals surface area contributed by atoms with Crippen molar-refractivity contribution < 1.29 is 31.5 Å². The molecule has 0 aliphatic rings. The minimum Gasteiger partial charge on any atom is -0.434 e. The van der Waals surface area contributed by atoms with Gasteiger partial charge in [-0.05, 0) is 24.3 Å². The number of aromatic nitrogens is 1. The van der Waals surface area contributed by atoms with Crippen LogP contribution in [0.3, 0.4) is 0 Å². The molecule has 10 heteroatoms. The van der Waals surface area contributed by atoms with Crippen molar-refractivity contribution in [3.8, 4) is 11.8 Å². The molecule has 0 saturated carbocycles. The van der Waals surface area contributed by atoms with E-state index < -0.39 is 30.0 Å². The predicted molar refractivity (Wildman–Crippen MR) is 71.5 cm³/mol. The molecule has 0 bridgehead atoms. The first-order chi connectivity index (χ1) is 11.2. The first kappa shape index (κ1) is 17.3. The van der Waals surface area contributed by atoms with Gasteiger partial charge in [0.2, 0.25) is 0 Å². The van der Waals surface area contributed by atoms with Crippen molar-refractivity contribution in [2.24, 2.45) is 0 Å². The van der Waals surface area contributed by atoms with Gasteiger partial charge in [-0.1, -0.05) is 0 Å². The summed E-state index contributed by atoms with van der Waals surface area (Å²) in [5.41, 5.74) is -1.61. The Balaban J connectivity index is 2.28. The molecule has 1 aromatic carbocycles. The first-order valence-corrected chi connectivity index (χ1v) is 6.26. The summed E-state index contributed by atoms with van der Waals surface area (Å²) in [6, 6.07) is 5.10. The molecule has 126 valence electrons. The molecule has 5 nitrogen and oxygen atoms in total. The molecular formula is C14H8F5N3O2. The Bertz CT molecular complexity index is 792. The number of hydrogen-bond donors (Lipinski definition) is 2. The van der Waals surface area contributed by atoms with Crippen molar-refractivity contribution in [2.75, 3.05) is 5.32 Å². The average Bonchev–Trinajstić information content (AvgIpc) is 2.96. The van der Waals surface area contributed by atoms with Crippen LogP contribution in [-0.4, -0.2) is 17.5 Å². The van der Waals surface area contributed by atoms with Gasteiger partial charge in [0.05, 0.1) is 11.1 Å². The van der Waals surface area contributed by atoms with E-state index in [0.29, 0.717) is 12.1 Å². The summed E-state index contributed by atoms with van der Waals surface area (Å²) in [4.78, 5) is 14.4. The number of anilines is 1. The fourth-order valence-corrected chi connectivity index (χ4v) is 1.82. The number of H-pyrrole nitrogens is 1. The van der Waals surface area contributed by atoms with Crippen LogP contribution >= 0.6 is 0 Å². The van der Waals surface area contributed by atoms with Crippen molar-refractivity contribution in [1.82, 2.24) is 4.98 Å². The van der Waals surface area contributed by atoms with Crippen LogP contribution in [-0.2, 0) is 6.18 Å². The molecule has 1 amide bonds. The lowest BCUT2D eigenvalue weighted by Crippen LogP contribution is -2.14. The third-order valence-corrected chi connectivity index (χ3v) is 2.82. The maximum atomic E-state index is 12.9. The number of nitrogens with zero attached hydrogens (tertiary/aromatic N) is 1. The Kier molecular flexibility index (Phi) is 4.73. The highest BCUT2D eigenvalue weighted by Crippen LogP contribution is 2.38. The molecule has 0 spiro atoms. The lowest BCUT2D eigenvalue weighted by atomic mass is 10.1. The third-order valence-electron chi connectivity index (χ3n) is 2.82. The Morgan fingerprint density at radius 2 is 2.00 bits per heavy atom. The van der Waals surface area contributed by atoms with Gasteiger partial charge in [0.1, 0.15) is 17.5 Å². The Morgan fingerprint density at radius 1 is 1.29 bits per heavy atom. The van der Waals surface area contributed by atoms with Crippen molar-refractivity contribution in [2.45, 2.75) is 12.8 Å². The number of hydrogen-bond acceptors (Lipinski definition) is 3. The summed E-state index contributed by atoms with van der Waals surface area (Å²) >= 11 is 0. The zero-order chi connectivity index (χ0) is 17.9. The summed E-state index contributed by atoms with van der Waals surface area (Å²) in [6.45, 7) is -3.42. The second-order valence-corrected chi connectivity index (χ2v) is 4.46. The smallest absolute Gasteiger partial charge is 0.420 e. The molecule has 0 aliphatic carbocycles. The lowest BCUT2D eigenvalue weighted by molar-refractivity contribution is -0.141. The number of rotatable bonds is 4. The van der Waals surface area contributed by atoms with Gasteiger partial charge in [0.15, 0.2) is 0 Å². The Labute approximate surface area is 131 Å². The van der Waals surface area contributed by atoms with Crippen LogP contribution in [0.2, 0.25) is 0 Å². The van der Waals surface area contributed by atoms with E-state index in [1.165, 1.54) is 12.3 Å². The molecule has 2 N–H and O–H groups in total. The number of aromatic amines is 1. The van der Waals surface area contributed by atoms with Crippen molar-refractivity contribution in [1.29, 1.82) is 5.26 Å². The molecule has 0 atom stereocenters. The second-order valence-electron chi connectivity index (χ2n) is 4.46. The molecule has 24 heavy (non-hydrogen) atoms. The number of carbonyl (C=O) groups is 1. The molecule has 0 radical (unpaired) electrons. The number of nitriles is 1. The van der Waals surface area contributed by atoms with E-state index in [2.05, 4.69) is 15.0 Å². The SMILES string of the molecule is N#Cc1cc(C(=O)Nc2ccc(OC(F)F)c(C(F)(F)F)c2)c[nH]1. The van der Waals surface area contributed by atoms with Gasteiger partial charge < -0.3 is 15.0 Å². The number of ether oxygens (including phenoxy) is 1. The molecular weight excluding hydrogens is 337 g/mol. The molecule has 0 saturated heterocycles. The zero-order valence-electron chi connectivity index (χ0n) is 11.6. The molecule has 0 unspecified atom stereocenters. The first-order valence-electron chi connectivity index (χ1n) is 6.26. The van der Waals surface area contributed by atoms with E-state index >= 15 is 0 Å². The molecule has 0 aliphatic heterocycles. The van der Waals surface area contributed by atoms with Crippen LogP contribution in [0.15, 0.2) is 30.5 Å². The van der Waals surface area contributed by atoms with Crippen LogP contribution < -0.4 is 10.1 Å². The number of carbonyl (C=O) groups excluding carboxylic acids is 1. The van der Waals surface area contributed by atoms with Crippen molar-refractivity contribution >= 4 is 11.6 Å². The van der Waals surface area contributed by atoms with Crippen molar-refractivity contribution in [3.05, 3.63) is 47.3 Å². The monoisotopic (exact) mass is 345 g/mol. The standard InChI is InChI=1S/C14H8F5N3O2/c15-13(16)24-11-2-1-8(4-10(11)14(17,18)19)22-12(23)7-3-9(5-20)21-6-7/h1-4,6,13,21H,(H,22,23). The van der Waals surface area contributed by atoms with E-state index in [-0.39, 0.29) is 16.9 Å². The van der Waals surface area contributed by atoms with Gasteiger partial charge in [0, 0.05) is 11.9 Å². The highest BCUT2D eigenvalue weighted by atomic mass is 19.4. The van der Waals surface area contributed by atoms with E-state index in [9.17, 15) is 26.7 Å². The van der Waals surface area contributed by atoms with E-state index in [0.717, 1.165) is 6.07 Å². The number of halogens is 5. The number of alkyl halides is 5. The maximum Gasteiger partial charge on any atom is 0.420 e. The molecule has 0 fully saturated rings. The van der Waals surface area contributed by atoms with Gasteiger partial charge in [-0.2, -0.15) is 27.2 Å². The van der Waals surface area contributed by atoms with Crippen LogP contribution in [0.4, 0.5) is 27.6 Å². The Hall–Kier alpha value is -3.09. The molecule has 2 aromatic rings. The third kappa shape index (κ3) is 4.01. The highest BCUT2D eigenvalue weighted by Gasteiger charge is 2.35. The Morgan fingerprint density at radius 3 is 2.54 bits per heavy atom. The zero-order valence-corrected chi connectivity index (χ0v) is 11.6. The minimum atomic E-state index is -4.95. The summed E-state index contributed by atoms with van der Waals surface area (Å²) < 4.78 is 66.9. The molecule has 1 heterocycles. The van der Waals surface area contributed by atoms with Crippen LogP contribution in [0.5, 0.6) is 5.75 Å². The fourth-order valence-electron chi connectivity index (χ4n) is 1.82. The largest absolute Gasteiger partial charge is 0.434 e. The summed E-state index contributed by atoms with van der Waals surface area (Å²) in [7, 11) is 0. The van der Waals surface area contributed by atoms with E-state index in [1.807, 2.05) is 0 Å². The van der Waals surface area contributed by atoms with Crippen molar-refractivity contribution in [3.63, 3.8) is 0 Å². The molecule has 1 aromatic heterocycles. The lowest BCUT2D eigenvalue weighted by Gasteiger charge is -2.15. The van der Waals surface area contributed by atoms with Crippen LogP contribution in [0.25, 0.3) is 0 Å². The summed E-state index contributed by atoms with van der Waals surface area (Å²) in [5, 5.41) is 10.8. The quantitative estimate of drug-likeness (QED) is 0.828. The number of nitrogens with one attached hydrogen (secondary N) is 2. The second kappa shape index (κ2) is 6.57. The van der Waals surface area contributed by atoms with Gasteiger partial charge in [-0.3, -0.25) is 4.79 Å². The van der Waals surface area contributed by atoms with E-state index in [4.69, 9.17) is 5.26 Å². The molecule has 2 rings (SSSR count). The van der Waals surface area contributed by atoms with Gasteiger partial charge in [-0.15, -0.1) is 0 Å². The summed E-state index contributed by atoms with van der Waals surface area (Å²) in [6.07, 6.45) is -3.75. The highest BCUT2D eigenvalue weighted by molar-refractivity contribution is 6.04. The maximum absolute atomic E-state index is 12.9. The van der Waals surface area contributed by atoms with Crippen LogP contribution in [0.1, 0.15) is 21.6 Å². The predicted octanol–water partition coefficient (Wildman–Crippen LogP) is 3.76. The van der Waals surface area contributed by atoms with Gasteiger partial charge >= 0.3 is 12.8 Å². The topological polar surface area (TPSA) is 77.9 Å². The number of benzene rings is 1. The summed E-state index contributed by atoms with van der Waals surface area (Å²) in [5.74, 6) is -1.83.